The van der Waals surface area contributed by atoms with Crippen molar-refractivity contribution in [1.29, 1.82) is 0 Å². The standard InChI is InChI=1S/C22H18N4O/c1-26(18-9-3-2-4-10-18)22(27)17-12-14-23-20(15-17)25-19-11-5-7-16-8-6-13-24-21(16)19/h2-15H,1H3,(H,23,25). The molecular formula is C22H18N4O. The summed E-state index contributed by atoms with van der Waals surface area (Å²) < 4.78 is 0. The Morgan fingerprint density at radius 3 is 2.56 bits per heavy atom. The molecule has 0 atom stereocenters. The van der Waals surface area contributed by atoms with E-state index in [0.717, 1.165) is 22.3 Å². The summed E-state index contributed by atoms with van der Waals surface area (Å²) in [6, 6.07) is 22.9. The topological polar surface area (TPSA) is 58.1 Å². The third kappa shape index (κ3) is 3.48. The Kier molecular flexibility index (Phi) is 4.49. The van der Waals surface area contributed by atoms with Gasteiger partial charge in [-0.2, -0.15) is 0 Å². The number of benzene rings is 2. The number of amides is 1. The van der Waals surface area contributed by atoms with E-state index < -0.39 is 0 Å². The zero-order valence-electron chi connectivity index (χ0n) is 14.8. The van der Waals surface area contributed by atoms with E-state index in [1.165, 1.54) is 0 Å². The molecule has 0 saturated heterocycles. The Balaban J connectivity index is 1.62. The Hall–Kier alpha value is -3.73. The minimum absolute atomic E-state index is 0.0947. The number of para-hydroxylation sites is 2. The fraction of sp³-hybridized carbons (Fsp3) is 0.0455. The van der Waals surface area contributed by atoms with Crippen LogP contribution in [0.5, 0.6) is 0 Å². The quantitative estimate of drug-likeness (QED) is 0.579. The van der Waals surface area contributed by atoms with Crippen LogP contribution in [0.4, 0.5) is 17.2 Å². The average Bonchev–Trinajstić information content (AvgIpc) is 2.74. The second-order valence-corrected chi connectivity index (χ2v) is 6.14. The average molecular weight is 354 g/mol. The monoisotopic (exact) mass is 354 g/mol. The van der Waals surface area contributed by atoms with Crippen LogP contribution >= 0.6 is 0 Å². The Bertz CT molecular complexity index is 1090. The van der Waals surface area contributed by atoms with Gasteiger partial charge in [0.15, 0.2) is 0 Å². The van der Waals surface area contributed by atoms with Crippen molar-refractivity contribution in [2.45, 2.75) is 0 Å². The van der Waals surface area contributed by atoms with Crippen molar-refractivity contribution in [1.82, 2.24) is 9.97 Å². The minimum Gasteiger partial charge on any atom is -0.338 e. The molecule has 1 amide bonds. The van der Waals surface area contributed by atoms with Gasteiger partial charge in [-0.25, -0.2) is 4.98 Å². The number of nitrogens with one attached hydrogen (secondary N) is 1. The summed E-state index contributed by atoms with van der Waals surface area (Å²) in [6.07, 6.45) is 3.39. The van der Waals surface area contributed by atoms with E-state index in [2.05, 4.69) is 15.3 Å². The van der Waals surface area contributed by atoms with Gasteiger partial charge < -0.3 is 10.2 Å². The summed E-state index contributed by atoms with van der Waals surface area (Å²) in [7, 11) is 1.76. The largest absolute Gasteiger partial charge is 0.338 e. The molecule has 2 aromatic carbocycles. The van der Waals surface area contributed by atoms with Gasteiger partial charge in [0.05, 0.1) is 11.2 Å². The van der Waals surface area contributed by atoms with Crippen LogP contribution in [-0.2, 0) is 0 Å². The first-order chi connectivity index (χ1) is 13.2. The molecule has 5 nitrogen and oxygen atoms in total. The number of rotatable bonds is 4. The smallest absolute Gasteiger partial charge is 0.258 e. The molecule has 0 fully saturated rings. The fourth-order valence-electron chi connectivity index (χ4n) is 2.94. The molecule has 0 saturated carbocycles. The Morgan fingerprint density at radius 1 is 0.889 bits per heavy atom. The lowest BCUT2D eigenvalue weighted by Crippen LogP contribution is -2.26. The summed E-state index contributed by atoms with van der Waals surface area (Å²) in [5.74, 6) is 0.503. The molecule has 0 aliphatic carbocycles. The molecule has 132 valence electrons. The van der Waals surface area contributed by atoms with Gasteiger partial charge in [-0.3, -0.25) is 9.78 Å². The van der Waals surface area contributed by atoms with Crippen molar-refractivity contribution < 1.29 is 4.79 Å². The highest BCUT2D eigenvalue weighted by molar-refractivity contribution is 6.06. The molecule has 0 radical (unpaired) electrons. The van der Waals surface area contributed by atoms with Gasteiger partial charge in [-0.1, -0.05) is 36.4 Å². The van der Waals surface area contributed by atoms with Crippen LogP contribution < -0.4 is 10.2 Å². The number of fused-ring (bicyclic) bond motifs is 1. The summed E-state index contributed by atoms with van der Waals surface area (Å²) in [5, 5.41) is 4.32. The van der Waals surface area contributed by atoms with Gasteiger partial charge in [-0.05, 0) is 36.4 Å². The van der Waals surface area contributed by atoms with E-state index in [4.69, 9.17) is 0 Å². The van der Waals surface area contributed by atoms with Crippen LogP contribution in [-0.4, -0.2) is 22.9 Å². The number of hydrogen-bond donors (Lipinski definition) is 1. The lowest BCUT2D eigenvalue weighted by atomic mass is 10.2. The van der Waals surface area contributed by atoms with Crippen LogP contribution in [0.25, 0.3) is 10.9 Å². The molecule has 0 aliphatic rings. The van der Waals surface area contributed by atoms with E-state index in [-0.39, 0.29) is 5.91 Å². The zero-order valence-corrected chi connectivity index (χ0v) is 14.8. The van der Waals surface area contributed by atoms with E-state index >= 15 is 0 Å². The van der Waals surface area contributed by atoms with Gasteiger partial charge in [-0.15, -0.1) is 0 Å². The van der Waals surface area contributed by atoms with Crippen molar-refractivity contribution in [3.8, 4) is 0 Å². The lowest BCUT2D eigenvalue weighted by Gasteiger charge is -2.17. The van der Waals surface area contributed by atoms with Crippen LogP contribution in [0.2, 0.25) is 0 Å². The van der Waals surface area contributed by atoms with Crippen molar-refractivity contribution in [2.24, 2.45) is 0 Å². The number of aromatic nitrogens is 2. The molecule has 4 aromatic rings. The van der Waals surface area contributed by atoms with E-state index in [0.29, 0.717) is 11.4 Å². The zero-order chi connectivity index (χ0) is 18.6. The first kappa shape index (κ1) is 16.7. The van der Waals surface area contributed by atoms with Gasteiger partial charge in [0.2, 0.25) is 0 Å². The van der Waals surface area contributed by atoms with Gasteiger partial charge >= 0.3 is 0 Å². The SMILES string of the molecule is CN(C(=O)c1ccnc(Nc2cccc3cccnc23)c1)c1ccccc1. The highest BCUT2D eigenvalue weighted by Crippen LogP contribution is 2.24. The molecule has 0 aliphatic heterocycles. The van der Waals surface area contributed by atoms with Crippen molar-refractivity contribution in [2.75, 3.05) is 17.3 Å². The predicted molar refractivity (Wildman–Crippen MR) is 108 cm³/mol. The molecule has 0 unspecified atom stereocenters. The van der Waals surface area contributed by atoms with Crippen LogP contribution in [0.1, 0.15) is 10.4 Å². The van der Waals surface area contributed by atoms with Crippen LogP contribution in [0.15, 0.2) is 85.2 Å². The Morgan fingerprint density at radius 2 is 1.70 bits per heavy atom. The molecule has 27 heavy (non-hydrogen) atoms. The fourth-order valence-corrected chi connectivity index (χ4v) is 2.94. The third-order valence-electron chi connectivity index (χ3n) is 4.35. The molecule has 2 heterocycles. The highest BCUT2D eigenvalue weighted by Gasteiger charge is 2.14. The first-order valence-electron chi connectivity index (χ1n) is 8.62. The molecular weight excluding hydrogens is 336 g/mol. The van der Waals surface area contributed by atoms with Crippen LogP contribution in [0.3, 0.4) is 0 Å². The van der Waals surface area contributed by atoms with Crippen molar-refractivity contribution >= 4 is 34.0 Å². The first-order valence-corrected chi connectivity index (χ1v) is 8.62. The summed E-state index contributed by atoms with van der Waals surface area (Å²) in [5.41, 5.74) is 3.11. The predicted octanol–water partition coefficient (Wildman–Crippen LogP) is 4.65. The summed E-state index contributed by atoms with van der Waals surface area (Å²) >= 11 is 0. The van der Waals surface area contributed by atoms with Crippen molar-refractivity contribution in [3.05, 3.63) is 90.8 Å². The highest BCUT2D eigenvalue weighted by atomic mass is 16.2. The lowest BCUT2D eigenvalue weighted by molar-refractivity contribution is 0.0993. The normalized spacial score (nSPS) is 10.6. The van der Waals surface area contributed by atoms with Crippen LogP contribution in [0, 0.1) is 0 Å². The molecule has 2 aromatic heterocycles. The minimum atomic E-state index is -0.0947. The molecule has 4 rings (SSSR count). The number of carbonyl (C=O) groups is 1. The Labute approximate surface area is 157 Å². The second-order valence-electron chi connectivity index (χ2n) is 6.14. The molecule has 1 N–H and O–H groups in total. The molecule has 0 bridgehead atoms. The maximum Gasteiger partial charge on any atom is 0.258 e. The number of anilines is 3. The van der Waals surface area contributed by atoms with Gasteiger partial charge in [0.25, 0.3) is 5.91 Å². The van der Waals surface area contributed by atoms with E-state index in [9.17, 15) is 4.79 Å². The van der Waals surface area contributed by atoms with E-state index in [1.807, 2.05) is 60.7 Å². The number of hydrogen-bond acceptors (Lipinski definition) is 4. The number of carbonyl (C=O) groups excluding carboxylic acids is 1. The molecule has 0 spiro atoms. The second kappa shape index (κ2) is 7.25. The number of pyridine rings is 2. The van der Waals surface area contributed by atoms with Gasteiger partial charge in [0, 0.05) is 36.1 Å². The summed E-state index contributed by atoms with van der Waals surface area (Å²) in [4.78, 5) is 23.2. The molecule has 5 heteroatoms. The summed E-state index contributed by atoms with van der Waals surface area (Å²) in [6.45, 7) is 0. The maximum absolute atomic E-state index is 12.8. The number of nitrogens with zero attached hydrogens (tertiary/aromatic N) is 3. The third-order valence-corrected chi connectivity index (χ3v) is 4.35. The van der Waals surface area contributed by atoms with E-state index in [1.54, 1.807) is 36.5 Å². The maximum atomic E-state index is 12.8. The van der Waals surface area contributed by atoms with Gasteiger partial charge in [0.1, 0.15) is 5.82 Å². The van der Waals surface area contributed by atoms with Crippen molar-refractivity contribution in [3.63, 3.8) is 0 Å².